The van der Waals surface area contributed by atoms with Crippen molar-refractivity contribution >= 4 is 53.3 Å². The van der Waals surface area contributed by atoms with Gasteiger partial charge in [0.2, 0.25) is 5.82 Å². The van der Waals surface area contributed by atoms with Crippen molar-refractivity contribution in [3.05, 3.63) is 29.6 Å². The first-order valence-corrected chi connectivity index (χ1v) is 10.7. The maximum absolute atomic E-state index is 12.6. The second kappa shape index (κ2) is 14.1. The average Bonchev–Trinajstić information content (AvgIpc) is 2.75. The summed E-state index contributed by atoms with van der Waals surface area (Å²) in [6.07, 6.45) is 4.10. The predicted molar refractivity (Wildman–Crippen MR) is 135 cm³/mol. The molecule has 1 amide bonds. The monoisotopic (exact) mass is 500 g/mol. The molecular formula is C22H34Cl2N6O3. The number of fused-ring (bicyclic) bond motifs is 1. The van der Waals surface area contributed by atoms with E-state index in [2.05, 4.69) is 25.9 Å². The number of ether oxygens (including phenoxy) is 2. The van der Waals surface area contributed by atoms with Crippen molar-refractivity contribution in [3.63, 3.8) is 0 Å². The molecule has 1 aromatic carbocycles. The van der Waals surface area contributed by atoms with Gasteiger partial charge in [-0.1, -0.05) is 24.5 Å². The molecule has 0 aliphatic heterocycles. The number of benzene rings is 1. The minimum absolute atomic E-state index is 0. The highest BCUT2D eigenvalue weighted by Gasteiger charge is 2.27. The molecule has 0 unspecified atom stereocenters. The average molecular weight is 501 g/mol. The van der Waals surface area contributed by atoms with Gasteiger partial charge in [0, 0.05) is 38.2 Å². The number of carbonyl (C=O) groups is 1. The highest BCUT2D eigenvalue weighted by Crippen LogP contribution is 2.27. The lowest BCUT2D eigenvalue weighted by atomic mass is 9.90. The summed E-state index contributed by atoms with van der Waals surface area (Å²) >= 11 is 0. The van der Waals surface area contributed by atoms with E-state index in [1.807, 2.05) is 25.1 Å². The van der Waals surface area contributed by atoms with E-state index in [4.69, 9.17) is 14.9 Å². The zero-order valence-corrected chi connectivity index (χ0v) is 20.9. The molecule has 0 saturated heterocycles. The van der Waals surface area contributed by atoms with E-state index in [0.717, 1.165) is 36.6 Å². The Labute approximate surface area is 207 Å². The Balaban J connectivity index is 0.00000272. The van der Waals surface area contributed by atoms with Crippen molar-refractivity contribution in [2.24, 2.45) is 0 Å². The molecule has 0 bridgehead atoms. The van der Waals surface area contributed by atoms with Crippen molar-refractivity contribution in [3.8, 4) is 0 Å². The van der Waals surface area contributed by atoms with Gasteiger partial charge in [-0.2, -0.15) is 0 Å². The Bertz CT molecular complexity index is 930. The Morgan fingerprint density at radius 2 is 1.85 bits per heavy atom. The summed E-state index contributed by atoms with van der Waals surface area (Å²) in [6.45, 7) is 3.09. The number of aromatic nitrogens is 2. The third-order valence-corrected chi connectivity index (χ3v) is 5.38. The van der Waals surface area contributed by atoms with Crippen molar-refractivity contribution in [1.29, 1.82) is 5.41 Å². The van der Waals surface area contributed by atoms with Crippen LogP contribution < -0.4 is 16.0 Å². The van der Waals surface area contributed by atoms with Crippen molar-refractivity contribution in [2.75, 3.05) is 39.3 Å². The van der Waals surface area contributed by atoms with Crippen LogP contribution in [0.4, 0.5) is 5.82 Å². The standard InChI is InChI=1S/C22H32N6O3.2ClH/c1-14-8-9-16-15(12-14)20(28-21(26-16)22(29)24-10-11-30-2)27-18-7-5-4-6-17(18)25-19(23)13-31-3;;/h8-9,12,17-18H,4-7,10-11,13H2,1-3H3,(H2,23,25)(H,24,29)(H,26,27,28);2*1H/t17-,18+;;/m1../s1. The molecule has 11 heteroatoms. The molecule has 9 nitrogen and oxygen atoms in total. The molecule has 1 aliphatic rings. The minimum Gasteiger partial charge on any atom is -0.383 e. The van der Waals surface area contributed by atoms with Crippen LogP contribution in [0.2, 0.25) is 0 Å². The van der Waals surface area contributed by atoms with Crippen molar-refractivity contribution < 1.29 is 14.3 Å². The second-order valence-electron chi connectivity index (χ2n) is 7.86. The van der Waals surface area contributed by atoms with Crippen LogP contribution in [0.25, 0.3) is 10.9 Å². The van der Waals surface area contributed by atoms with E-state index < -0.39 is 0 Å². The SMILES string of the molecule is COCCNC(=O)c1nc(N[C@H]2CCCC[C@H]2NC(=N)COC)c2cc(C)ccc2n1.Cl.Cl. The van der Waals surface area contributed by atoms with Gasteiger partial charge in [0.05, 0.1) is 12.1 Å². The van der Waals surface area contributed by atoms with Gasteiger partial charge in [-0.25, -0.2) is 9.97 Å². The van der Waals surface area contributed by atoms with Crippen LogP contribution >= 0.6 is 24.8 Å². The molecule has 0 radical (unpaired) electrons. The number of nitrogens with zero attached hydrogens (tertiary/aromatic N) is 2. The number of carbonyl (C=O) groups excluding carboxylic acids is 1. The number of anilines is 1. The van der Waals surface area contributed by atoms with Gasteiger partial charge in [-0.3, -0.25) is 10.2 Å². The number of rotatable bonds is 9. The van der Waals surface area contributed by atoms with Gasteiger partial charge in [0.15, 0.2) is 0 Å². The Kier molecular flexibility index (Phi) is 12.4. The number of methoxy groups -OCH3 is 2. The van der Waals surface area contributed by atoms with E-state index in [1.54, 1.807) is 14.2 Å². The number of amidine groups is 1. The summed E-state index contributed by atoms with van der Waals surface area (Å²) in [7, 11) is 3.17. The van der Waals surface area contributed by atoms with Crippen LogP contribution in [0.15, 0.2) is 18.2 Å². The summed E-state index contributed by atoms with van der Waals surface area (Å²) in [5.41, 5.74) is 1.81. The summed E-state index contributed by atoms with van der Waals surface area (Å²) in [4.78, 5) is 21.6. The quantitative estimate of drug-likeness (QED) is 0.237. The van der Waals surface area contributed by atoms with Gasteiger partial charge in [-0.05, 0) is 31.9 Å². The maximum atomic E-state index is 12.6. The van der Waals surface area contributed by atoms with E-state index in [1.165, 1.54) is 0 Å². The van der Waals surface area contributed by atoms with Crippen LogP contribution in [0.1, 0.15) is 41.9 Å². The lowest BCUT2D eigenvalue weighted by Gasteiger charge is -2.34. The van der Waals surface area contributed by atoms with Gasteiger partial charge < -0.3 is 25.4 Å². The molecule has 184 valence electrons. The lowest BCUT2D eigenvalue weighted by Crippen LogP contribution is -2.49. The summed E-state index contributed by atoms with van der Waals surface area (Å²) < 4.78 is 10.1. The molecule has 33 heavy (non-hydrogen) atoms. The van der Waals surface area contributed by atoms with E-state index in [0.29, 0.717) is 30.3 Å². The van der Waals surface area contributed by atoms with E-state index in [-0.39, 0.29) is 55.2 Å². The first-order valence-electron chi connectivity index (χ1n) is 10.7. The zero-order chi connectivity index (χ0) is 22.2. The highest BCUT2D eigenvalue weighted by atomic mass is 35.5. The highest BCUT2D eigenvalue weighted by molar-refractivity contribution is 5.96. The fourth-order valence-electron chi connectivity index (χ4n) is 3.86. The van der Waals surface area contributed by atoms with E-state index >= 15 is 0 Å². The smallest absolute Gasteiger partial charge is 0.289 e. The first kappa shape index (κ1) is 28.8. The van der Waals surface area contributed by atoms with Crippen LogP contribution in [0, 0.1) is 12.3 Å². The number of nitrogens with one attached hydrogen (secondary N) is 4. The van der Waals surface area contributed by atoms with E-state index in [9.17, 15) is 4.79 Å². The Morgan fingerprint density at radius 3 is 2.55 bits per heavy atom. The number of hydrogen-bond acceptors (Lipinski definition) is 7. The molecule has 3 rings (SSSR count). The largest absolute Gasteiger partial charge is 0.383 e. The molecule has 1 aliphatic carbocycles. The number of aryl methyl sites for hydroxylation is 1. The third-order valence-electron chi connectivity index (χ3n) is 5.38. The van der Waals surface area contributed by atoms with Crippen molar-refractivity contribution in [1.82, 2.24) is 20.6 Å². The molecular weight excluding hydrogens is 467 g/mol. The third kappa shape index (κ3) is 7.96. The van der Waals surface area contributed by atoms with Gasteiger partial charge in [-0.15, -0.1) is 24.8 Å². The summed E-state index contributed by atoms with van der Waals surface area (Å²) in [5, 5.41) is 18.6. The lowest BCUT2D eigenvalue weighted by molar-refractivity contribution is 0.0927. The zero-order valence-electron chi connectivity index (χ0n) is 19.3. The minimum atomic E-state index is -0.331. The molecule has 0 spiro atoms. The van der Waals surface area contributed by atoms with Crippen molar-refractivity contribution in [2.45, 2.75) is 44.7 Å². The molecule has 1 heterocycles. The summed E-state index contributed by atoms with van der Waals surface area (Å²) in [5.74, 6) is 0.801. The molecule has 1 saturated carbocycles. The summed E-state index contributed by atoms with van der Waals surface area (Å²) in [6, 6.07) is 6.08. The normalized spacial score (nSPS) is 17.4. The van der Waals surface area contributed by atoms with Crippen LogP contribution in [-0.2, 0) is 9.47 Å². The fraction of sp³-hybridized carbons (Fsp3) is 0.545. The molecule has 1 fully saturated rings. The predicted octanol–water partition coefficient (Wildman–Crippen LogP) is 3.09. The Morgan fingerprint density at radius 1 is 1.12 bits per heavy atom. The number of amides is 1. The Hall–Kier alpha value is -2.20. The van der Waals surface area contributed by atoms with Crippen LogP contribution in [0.3, 0.4) is 0 Å². The number of halogens is 2. The number of hydrogen-bond donors (Lipinski definition) is 4. The second-order valence-corrected chi connectivity index (χ2v) is 7.86. The van der Waals surface area contributed by atoms with Gasteiger partial charge in [0.1, 0.15) is 18.3 Å². The fourth-order valence-corrected chi connectivity index (χ4v) is 3.86. The molecule has 2 aromatic rings. The first-order chi connectivity index (χ1) is 15.0. The van der Waals surface area contributed by atoms with Gasteiger partial charge >= 0.3 is 0 Å². The van der Waals surface area contributed by atoms with Crippen LogP contribution in [-0.4, -0.2) is 67.8 Å². The molecule has 2 atom stereocenters. The molecule has 4 N–H and O–H groups in total. The molecule has 1 aromatic heterocycles. The topological polar surface area (TPSA) is 121 Å². The van der Waals surface area contributed by atoms with Gasteiger partial charge in [0.25, 0.3) is 5.91 Å². The van der Waals surface area contributed by atoms with Crippen LogP contribution in [0.5, 0.6) is 0 Å². The maximum Gasteiger partial charge on any atom is 0.289 e.